The van der Waals surface area contributed by atoms with Crippen LogP contribution in [0.25, 0.3) is 10.9 Å². The number of nitrogens with one attached hydrogen (secondary N) is 1. The minimum Gasteiger partial charge on any atom is -0.338 e. The van der Waals surface area contributed by atoms with Crippen molar-refractivity contribution in [2.24, 2.45) is 5.92 Å². The average molecular weight is 300 g/mol. The minimum absolute atomic E-state index is 0.0617. The van der Waals surface area contributed by atoms with Gasteiger partial charge in [0.15, 0.2) is 0 Å². The molecular formula is C18H24N2O2. The van der Waals surface area contributed by atoms with Crippen molar-refractivity contribution in [2.45, 2.75) is 40.7 Å². The number of carbonyl (C=O) groups is 1. The van der Waals surface area contributed by atoms with Gasteiger partial charge in [-0.25, -0.2) is 0 Å². The van der Waals surface area contributed by atoms with Gasteiger partial charge in [-0.05, 0) is 36.9 Å². The molecule has 0 aliphatic rings. The molecule has 0 saturated heterocycles. The summed E-state index contributed by atoms with van der Waals surface area (Å²) >= 11 is 0. The van der Waals surface area contributed by atoms with Crippen LogP contribution in [0.5, 0.6) is 0 Å². The first-order chi connectivity index (χ1) is 10.4. The molecule has 1 aromatic carbocycles. The molecule has 0 saturated carbocycles. The number of hydrogen-bond acceptors (Lipinski definition) is 2. The molecule has 4 nitrogen and oxygen atoms in total. The molecule has 1 amide bonds. The smallest absolute Gasteiger partial charge is 0.253 e. The summed E-state index contributed by atoms with van der Waals surface area (Å²) in [5, 5.41) is 1.00. The maximum atomic E-state index is 12.3. The third kappa shape index (κ3) is 3.56. The van der Waals surface area contributed by atoms with Crippen LogP contribution in [0.2, 0.25) is 0 Å². The number of hydrogen-bond donors (Lipinski definition) is 1. The zero-order chi connectivity index (χ0) is 16.3. The Morgan fingerprint density at radius 1 is 1.27 bits per heavy atom. The van der Waals surface area contributed by atoms with Crippen molar-refractivity contribution in [3.8, 4) is 0 Å². The van der Waals surface area contributed by atoms with Gasteiger partial charge in [-0.2, -0.15) is 0 Å². The van der Waals surface area contributed by atoms with E-state index in [-0.39, 0.29) is 17.4 Å². The van der Waals surface area contributed by atoms with Gasteiger partial charge >= 0.3 is 0 Å². The van der Waals surface area contributed by atoms with E-state index in [9.17, 15) is 9.59 Å². The molecule has 0 bridgehead atoms. The topological polar surface area (TPSA) is 53.2 Å². The van der Waals surface area contributed by atoms with Crippen LogP contribution in [-0.2, 0) is 11.3 Å². The summed E-state index contributed by atoms with van der Waals surface area (Å²) in [5.41, 5.74) is 2.50. The van der Waals surface area contributed by atoms with E-state index in [0.717, 1.165) is 22.9 Å². The van der Waals surface area contributed by atoms with Gasteiger partial charge in [0.25, 0.3) is 5.56 Å². The Morgan fingerprint density at radius 2 is 2.00 bits per heavy atom. The van der Waals surface area contributed by atoms with Gasteiger partial charge in [-0.3, -0.25) is 9.59 Å². The van der Waals surface area contributed by atoms with Crippen LogP contribution < -0.4 is 5.56 Å². The highest BCUT2D eigenvalue weighted by Crippen LogP contribution is 2.15. The van der Waals surface area contributed by atoms with Gasteiger partial charge in [-0.15, -0.1) is 0 Å². The number of amides is 1. The average Bonchev–Trinajstić information content (AvgIpc) is 2.47. The lowest BCUT2D eigenvalue weighted by atomic mass is 10.1. The molecule has 4 heteroatoms. The monoisotopic (exact) mass is 300 g/mol. The van der Waals surface area contributed by atoms with Crippen molar-refractivity contribution in [3.63, 3.8) is 0 Å². The normalized spacial score (nSPS) is 11.1. The van der Waals surface area contributed by atoms with Crippen LogP contribution in [0.15, 0.2) is 29.1 Å². The summed E-state index contributed by atoms with van der Waals surface area (Å²) in [5.74, 6) is 0.0268. The first-order valence-electron chi connectivity index (χ1n) is 7.83. The maximum absolute atomic E-state index is 12.3. The summed E-state index contributed by atoms with van der Waals surface area (Å²) < 4.78 is 0. The molecule has 0 fully saturated rings. The van der Waals surface area contributed by atoms with E-state index in [2.05, 4.69) is 4.98 Å². The number of H-pyrrole nitrogens is 1. The predicted octanol–water partition coefficient (Wildman–Crippen LogP) is 3.23. The lowest BCUT2D eigenvalue weighted by molar-refractivity contribution is -0.135. The lowest BCUT2D eigenvalue weighted by Gasteiger charge is -2.24. The molecule has 0 radical (unpaired) electrons. The lowest BCUT2D eigenvalue weighted by Crippen LogP contribution is -2.36. The predicted molar refractivity (Wildman–Crippen MR) is 89.9 cm³/mol. The van der Waals surface area contributed by atoms with Crippen molar-refractivity contribution >= 4 is 16.8 Å². The maximum Gasteiger partial charge on any atom is 0.253 e. The zero-order valence-electron chi connectivity index (χ0n) is 13.8. The first-order valence-corrected chi connectivity index (χ1v) is 7.83. The van der Waals surface area contributed by atoms with E-state index in [4.69, 9.17) is 0 Å². The quantitative estimate of drug-likeness (QED) is 0.921. The molecule has 0 aliphatic heterocycles. The summed E-state index contributed by atoms with van der Waals surface area (Å²) in [7, 11) is 0. The highest BCUT2D eigenvalue weighted by molar-refractivity contribution is 5.80. The summed E-state index contributed by atoms with van der Waals surface area (Å²) in [6.45, 7) is 8.87. The van der Waals surface area contributed by atoms with Gasteiger partial charge in [0, 0.05) is 23.5 Å². The first kappa shape index (κ1) is 16.3. The number of rotatable bonds is 5. The standard InChI is InChI=1S/C18H24N2O2/c1-5-8-20(18(22)12(2)3)11-15-10-14-9-13(4)6-7-16(14)19-17(15)21/h6-7,9-10,12H,5,8,11H2,1-4H3,(H,19,21). The van der Waals surface area contributed by atoms with Crippen LogP contribution in [0.3, 0.4) is 0 Å². The number of pyridine rings is 1. The van der Waals surface area contributed by atoms with E-state index < -0.39 is 0 Å². The number of aromatic amines is 1. The zero-order valence-corrected chi connectivity index (χ0v) is 13.8. The number of benzene rings is 1. The fourth-order valence-electron chi connectivity index (χ4n) is 2.60. The number of fused-ring (bicyclic) bond motifs is 1. The number of nitrogens with zero attached hydrogens (tertiary/aromatic N) is 1. The van der Waals surface area contributed by atoms with E-state index in [0.29, 0.717) is 18.7 Å². The van der Waals surface area contributed by atoms with E-state index in [1.165, 1.54) is 0 Å². The molecule has 118 valence electrons. The van der Waals surface area contributed by atoms with Crippen LogP contribution in [0.1, 0.15) is 38.3 Å². The van der Waals surface area contributed by atoms with Gasteiger partial charge in [-0.1, -0.05) is 32.4 Å². The van der Waals surface area contributed by atoms with E-state index in [1.54, 1.807) is 4.90 Å². The molecular weight excluding hydrogens is 276 g/mol. The fraction of sp³-hybridized carbons (Fsp3) is 0.444. The second-order valence-electron chi connectivity index (χ2n) is 6.13. The second-order valence-corrected chi connectivity index (χ2v) is 6.13. The molecule has 2 rings (SSSR count). The molecule has 1 aromatic heterocycles. The van der Waals surface area contributed by atoms with E-state index in [1.807, 2.05) is 52.0 Å². The Kier molecular flexibility index (Phi) is 5.01. The van der Waals surface area contributed by atoms with Gasteiger partial charge in [0.2, 0.25) is 5.91 Å². The van der Waals surface area contributed by atoms with Crippen LogP contribution >= 0.6 is 0 Å². The minimum atomic E-state index is -0.117. The molecule has 22 heavy (non-hydrogen) atoms. The van der Waals surface area contributed by atoms with Crippen molar-refractivity contribution in [1.29, 1.82) is 0 Å². The van der Waals surface area contributed by atoms with Crippen molar-refractivity contribution < 1.29 is 4.79 Å². The van der Waals surface area contributed by atoms with Gasteiger partial charge in [0.1, 0.15) is 0 Å². The Balaban J connectivity index is 2.38. The van der Waals surface area contributed by atoms with Gasteiger partial charge in [0.05, 0.1) is 6.54 Å². The van der Waals surface area contributed by atoms with Crippen LogP contribution in [0, 0.1) is 12.8 Å². The Bertz CT molecular complexity index is 731. The highest BCUT2D eigenvalue weighted by Gasteiger charge is 2.18. The summed E-state index contributed by atoms with van der Waals surface area (Å²) in [6.07, 6.45) is 0.878. The van der Waals surface area contributed by atoms with E-state index >= 15 is 0 Å². The van der Waals surface area contributed by atoms with Crippen LogP contribution in [-0.4, -0.2) is 22.3 Å². The third-order valence-electron chi connectivity index (χ3n) is 3.74. The third-order valence-corrected chi connectivity index (χ3v) is 3.74. The molecule has 0 spiro atoms. The Labute approximate surface area is 131 Å². The second kappa shape index (κ2) is 6.77. The van der Waals surface area contributed by atoms with Crippen LogP contribution in [0.4, 0.5) is 0 Å². The number of aromatic nitrogens is 1. The number of aryl methyl sites for hydroxylation is 1. The molecule has 1 heterocycles. The summed E-state index contributed by atoms with van der Waals surface area (Å²) in [6, 6.07) is 7.84. The number of carbonyl (C=O) groups excluding carboxylic acids is 1. The van der Waals surface area contributed by atoms with Crippen molar-refractivity contribution in [2.75, 3.05) is 6.54 Å². The molecule has 0 aliphatic carbocycles. The summed E-state index contributed by atoms with van der Waals surface area (Å²) in [4.78, 5) is 29.2. The van der Waals surface area contributed by atoms with Crippen molar-refractivity contribution in [3.05, 3.63) is 45.7 Å². The molecule has 0 unspecified atom stereocenters. The SMILES string of the molecule is CCCN(Cc1cc2cc(C)ccc2[nH]c1=O)C(=O)C(C)C. The van der Waals surface area contributed by atoms with Crippen molar-refractivity contribution in [1.82, 2.24) is 9.88 Å². The highest BCUT2D eigenvalue weighted by atomic mass is 16.2. The molecule has 2 aromatic rings. The Hall–Kier alpha value is -2.10. The largest absolute Gasteiger partial charge is 0.338 e. The Morgan fingerprint density at radius 3 is 2.64 bits per heavy atom. The van der Waals surface area contributed by atoms with Gasteiger partial charge < -0.3 is 9.88 Å². The molecule has 1 N–H and O–H groups in total. The fourth-order valence-corrected chi connectivity index (χ4v) is 2.60. The molecule has 0 atom stereocenters.